The van der Waals surface area contributed by atoms with Gasteiger partial charge in [0.2, 0.25) is 0 Å². The first-order chi connectivity index (χ1) is 8.07. The third-order valence-electron chi connectivity index (χ3n) is 3.35. The Labute approximate surface area is 105 Å². The average molecular weight is 239 g/mol. The molecule has 1 fully saturated rings. The van der Waals surface area contributed by atoms with Gasteiger partial charge >= 0.3 is 0 Å². The minimum absolute atomic E-state index is 0.405. The summed E-state index contributed by atoms with van der Waals surface area (Å²) in [6, 6.07) is 2.14. The Hall–Kier alpha value is -0.630. The summed E-state index contributed by atoms with van der Waals surface area (Å²) in [5, 5.41) is 8.81. The van der Waals surface area contributed by atoms with Gasteiger partial charge in [0, 0.05) is 13.1 Å². The van der Waals surface area contributed by atoms with Crippen molar-refractivity contribution in [2.45, 2.75) is 51.2 Å². The standard InChI is InChI=1S/C13H25N3O/c1-3-12-10-16(8-9-17-12)7-5-4-6-13(2,15)11-14/h12H,3-10,15H2,1-2H3. The Balaban J connectivity index is 2.12. The van der Waals surface area contributed by atoms with E-state index in [4.69, 9.17) is 15.7 Å². The minimum atomic E-state index is -0.656. The van der Waals surface area contributed by atoms with Gasteiger partial charge in [-0.15, -0.1) is 0 Å². The lowest BCUT2D eigenvalue weighted by Crippen LogP contribution is -2.42. The van der Waals surface area contributed by atoms with Gasteiger partial charge in [0.05, 0.1) is 18.8 Å². The van der Waals surface area contributed by atoms with E-state index in [0.717, 1.165) is 51.9 Å². The molecular weight excluding hydrogens is 214 g/mol. The van der Waals surface area contributed by atoms with Crippen LogP contribution in [-0.2, 0) is 4.74 Å². The number of hydrogen-bond acceptors (Lipinski definition) is 4. The highest BCUT2D eigenvalue weighted by Gasteiger charge is 2.19. The Kier molecular flexibility index (Phi) is 5.90. The van der Waals surface area contributed by atoms with Crippen molar-refractivity contribution in [2.75, 3.05) is 26.2 Å². The molecule has 1 saturated heterocycles. The summed E-state index contributed by atoms with van der Waals surface area (Å²) in [6.45, 7) is 8.01. The molecule has 0 aromatic heterocycles. The van der Waals surface area contributed by atoms with Crippen molar-refractivity contribution in [1.82, 2.24) is 4.90 Å². The first-order valence-electron chi connectivity index (χ1n) is 6.61. The molecule has 4 heteroatoms. The summed E-state index contributed by atoms with van der Waals surface area (Å²) >= 11 is 0. The van der Waals surface area contributed by atoms with Gasteiger partial charge < -0.3 is 10.5 Å². The fourth-order valence-electron chi connectivity index (χ4n) is 2.11. The van der Waals surface area contributed by atoms with E-state index in [1.807, 2.05) is 0 Å². The second-order valence-electron chi connectivity index (χ2n) is 5.19. The zero-order valence-electron chi connectivity index (χ0n) is 11.1. The zero-order chi connectivity index (χ0) is 12.7. The molecule has 1 heterocycles. The van der Waals surface area contributed by atoms with Crippen LogP contribution in [-0.4, -0.2) is 42.8 Å². The van der Waals surface area contributed by atoms with E-state index < -0.39 is 5.54 Å². The van der Waals surface area contributed by atoms with Crippen LogP contribution in [0.15, 0.2) is 0 Å². The summed E-state index contributed by atoms with van der Waals surface area (Å²) < 4.78 is 5.63. The number of morpholine rings is 1. The van der Waals surface area contributed by atoms with Crippen LogP contribution in [0.5, 0.6) is 0 Å². The van der Waals surface area contributed by atoms with Crippen molar-refractivity contribution in [1.29, 1.82) is 5.26 Å². The van der Waals surface area contributed by atoms with Crippen LogP contribution >= 0.6 is 0 Å². The molecule has 0 aromatic carbocycles. The quantitative estimate of drug-likeness (QED) is 0.714. The molecule has 17 heavy (non-hydrogen) atoms. The molecule has 4 nitrogen and oxygen atoms in total. The van der Waals surface area contributed by atoms with Crippen molar-refractivity contribution in [3.63, 3.8) is 0 Å². The predicted octanol–water partition coefficient (Wildman–Crippen LogP) is 1.51. The number of hydrogen-bond donors (Lipinski definition) is 1. The van der Waals surface area contributed by atoms with Gasteiger partial charge in [0.25, 0.3) is 0 Å². The maximum atomic E-state index is 8.81. The number of ether oxygens (including phenoxy) is 1. The summed E-state index contributed by atoms with van der Waals surface area (Å²) in [5.41, 5.74) is 5.13. The van der Waals surface area contributed by atoms with E-state index >= 15 is 0 Å². The maximum absolute atomic E-state index is 8.81. The van der Waals surface area contributed by atoms with Crippen LogP contribution in [0.3, 0.4) is 0 Å². The molecule has 0 saturated carbocycles. The summed E-state index contributed by atoms with van der Waals surface area (Å²) in [6.07, 6.45) is 4.42. The molecule has 1 rings (SSSR count). The second-order valence-corrected chi connectivity index (χ2v) is 5.19. The fraction of sp³-hybridized carbons (Fsp3) is 0.923. The molecule has 1 aliphatic rings. The van der Waals surface area contributed by atoms with Gasteiger partial charge in [-0.1, -0.05) is 6.92 Å². The third-order valence-corrected chi connectivity index (χ3v) is 3.35. The van der Waals surface area contributed by atoms with Crippen LogP contribution in [0, 0.1) is 11.3 Å². The van der Waals surface area contributed by atoms with E-state index in [1.54, 1.807) is 6.92 Å². The third kappa shape index (κ3) is 5.49. The number of rotatable bonds is 6. The van der Waals surface area contributed by atoms with Crippen molar-refractivity contribution in [2.24, 2.45) is 5.73 Å². The van der Waals surface area contributed by atoms with Gasteiger partial charge in [0.15, 0.2) is 0 Å². The maximum Gasteiger partial charge on any atom is 0.101 e. The fourth-order valence-corrected chi connectivity index (χ4v) is 2.11. The Morgan fingerprint density at radius 1 is 1.53 bits per heavy atom. The largest absolute Gasteiger partial charge is 0.376 e. The van der Waals surface area contributed by atoms with E-state index in [0.29, 0.717) is 6.10 Å². The normalized spacial score (nSPS) is 25.2. The average Bonchev–Trinajstić information content (AvgIpc) is 2.35. The van der Waals surface area contributed by atoms with Gasteiger partial charge in [-0.2, -0.15) is 5.26 Å². The first kappa shape index (κ1) is 14.4. The minimum Gasteiger partial charge on any atom is -0.376 e. The zero-order valence-corrected chi connectivity index (χ0v) is 11.1. The lowest BCUT2D eigenvalue weighted by molar-refractivity contribution is -0.0300. The summed E-state index contributed by atoms with van der Waals surface area (Å²) in [7, 11) is 0. The van der Waals surface area contributed by atoms with Crippen LogP contribution in [0.25, 0.3) is 0 Å². The highest BCUT2D eigenvalue weighted by atomic mass is 16.5. The topological polar surface area (TPSA) is 62.3 Å². The molecule has 0 spiro atoms. The van der Waals surface area contributed by atoms with Crippen molar-refractivity contribution < 1.29 is 4.74 Å². The van der Waals surface area contributed by atoms with Gasteiger partial charge in [0.1, 0.15) is 5.54 Å². The van der Waals surface area contributed by atoms with Crippen molar-refractivity contribution in [3.8, 4) is 6.07 Å². The number of nitrogens with two attached hydrogens (primary N) is 1. The van der Waals surface area contributed by atoms with Crippen molar-refractivity contribution in [3.05, 3.63) is 0 Å². The smallest absolute Gasteiger partial charge is 0.101 e. The lowest BCUT2D eigenvalue weighted by Gasteiger charge is -2.32. The molecule has 0 aliphatic carbocycles. The van der Waals surface area contributed by atoms with E-state index in [1.165, 1.54) is 0 Å². The van der Waals surface area contributed by atoms with Crippen LogP contribution in [0.4, 0.5) is 0 Å². The highest BCUT2D eigenvalue weighted by molar-refractivity contribution is 5.00. The van der Waals surface area contributed by atoms with Crippen LogP contribution < -0.4 is 5.73 Å². The molecule has 0 aromatic rings. The Morgan fingerprint density at radius 3 is 2.94 bits per heavy atom. The predicted molar refractivity (Wildman–Crippen MR) is 68.5 cm³/mol. The van der Waals surface area contributed by atoms with Gasteiger partial charge in [-0.25, -0.2) is 0 Å². The molecule has 0 radical (unpaired) electrons. The molecule has 0 amide bonds. The van der Waals surface area contributed by atoms with Crippen LogP contribution in [0.1, 0.15) is 39.5 Å². The van der Waals surface area contributed by atoms with E-state index in [9.17, 15) is 0 Å². The summed E-state index contributed by atoms with van der Waals surface area (Å²) in [4.78, 5) is 2.46. The molecule has 2 unspecified atom stereocenters. The molecule has 1 aliphatic heterocycles. The van der Waals surface area contributed by atoms with E-state index in [2.05, 4.69) is 17.9 Å². The lowest BCUT2D eigenvalue weighted by atomic mass is 9.98. The summed E-state index contributed by atoms with van der Waals surface area (Å²) in [5.74, 6) is 0. The highest BCUT2D eigenvalue weighted by Crippen LogP contribution is 2.12. The van der Waals surface area contributed by atoms with Crippen LogP contribution in [0.2, 0.25) is 0 Å². The SMILES string of the molecule is CCC1CN(CCCCC(C)(N)C#N)CCO1. The molecule has 2 atom stereocenters. The Bertz CT molecular complexity index is 260. The van der Waals surface area contributed by atoms with Gasteiger partial charge in [-0.3, -0.25) is 4.90 Å². The molecular formula is C13H25N3O. The molecule has 2 N–H and O–H groups in total. The first-order valence-corrected chi connectivity index (χ1v) is 6.61. The number of nitriles is 1. The Morgan fingerprint density at radius 2 is 2.29 bits per heavy atom. The number of nitrogens with zero attached hydrogens (tertiary/aromatic N) is 2. The second kappa shape index (κ2) is 6.95. The van der Waals surface area contributed by atoms with E-state index in [-0.39, 0.29) is 0 Å². The van der Waals surface area contributed by atoms with Gasteiger partial charge in [-0.05, 0) is 39.2 Å². The number of unbranched alkanes of at least 4 members (excludes halogenated alkanes) is 1. The monoisotopic (exact) mass is 239 g/mol. The van der Waals surface area contributed by atoms with Crippen molar-refractivity contribution >= 4 is 0 Å². The molecule has 98 valence electrons. The molecule has 0 bridgehead atoms.